The number of nitrogens with zero attached hydrogens (tertiary/aromatic N) is 2. The molecule has 0 spiro atoms. The molecule has 5 nitrogen and oxygen atoms in total. The number of hydrogen-bond donors (Lipinski definition) is 1. The number of rotatable bonds is 3. The summed E-state index contributed by atoms with van der Waals surface area (Å²) in [6, 6.07) is 9.77. The largest absolute Gasteiger partial charge is 0.462 e. The van der Waals surface area contributed by atoms with Crippen LogP contribution in [0.4, 0.5) is 5.69 Å². The molecule has 0 unspecified atom stereocenters. The number of carbonyl (C=O) groups excluding carboxylic acids is 1. The summed E-state index contributed by atoms with van der Waals surface area (Å²) in [5.74, 6) is 0.562. The molecule has 130 valence electrons. The van der Waals surface area contributed by atoms with E-state index < -0.39 is 0 Å². The summed E-state index contributed by atoms with van der Waals surface area (Å²) in [7, 11) is 0. The van der Waals surface area contributed by atoms with Crippen LogP contribution in [0.1, 0.15) is 16.8 Å². The maximum atomic E-state index is 12.2. The minimum atomic E-state index is -0.161. The van der Waals surface area contributed by atoms with E-state index in [4.69, 9.17) is 4.42 Å². The van der Waals surface area contributed by atoms with E-state index in [0.29, 0.717) is 10.1 Å². The summed E-state index contributed by atoms with van der Waals surface area (Å²) in [4.78, 5) is 21.9. The van der Waals surface area contributed by atoms with Crippen molar-refractivity contribution < 1.29 is 9.21 Å². The minimum Gasteiger partial charge on any atom is -0.462 e. The molecule has 3 aromatic rings. The third kappa shape index (κ3) is 3.49. The van der Waals surface area contributed by atoms with E-state index in [1.165, 1.54) is 23.1 Å². The standard InChI is InChI=1S/C19H15N3O2S2/c1-11-5-6-12(2)14(8-11)21-19-22-17(23)16(26-19)9-13-10-25-18(20-13)15-4-3-7-24-15/h3-10H,1-2H3,(H,21,22,23). The van der Waals surface area contributed by atoms with Crippen molar-refractivity contribution in [2.24, 2.45) is 4.99 Å². The number of aryl methyl sites for hydroxylation is 2. The molecule has 0 bridgehead atoms. The Kier molecular flexibility index (Phi) is 4.48. The Balaban J connectivity index is 1.57. The zero-order valence-electron chi connectivity index (χ0n) is 14.1. The fourth-order valence-electron chi connectivity index (χ4n) is 2.43. The van der Waals surface area contributed by atoms with Crippen LogP contribution >= 0.6 is 23.1 Å². The van der Waals surface area contributed by atoms with Crippen LogP contribution in [-0.2, 0) is 4.79 Å². The smallest absolute Gasteiger partial charge is 0.264 e. The summed E-state index contributed by atoms with van der Waals surface area (Å²) in [5, 5.41) is 6.08. The van der Waals surface area contributed by atoms with E-state index in [9.17, 15) is 4.79 Å². The van der Waals surface area contributed by atoms with E-state index in [0.717, 1.165) is 33.3 Å². The number of aliphatic imine (C=N–C) groups is 1. The predicted octanol–water partition coefficient (Wildman–Crippen LogP) is 4.91. The molecule has 0 aliphatic carbocycles. The molecular weight excluding hydrogens is 366 g/mol. The Morgan fingerprint density at radius 3 is 2.96 bits per heavy atom. The van der Waals surface area contributed by atoms with Crippen molar-refractivity contribution in [2.75, 3.05) is 0 Å². The van der Waals surface area contributed by atoms with E-state index >= 15 is 0 Å². The lowest BCUT2D eigenvalue weighted by Crippen LogP contribution is -2.19. The molecule has 0 saturated carbocycles. The summed E-state index contributed by atoms with van der Waals surface area (Å²) in [5.41, 5.74) is 3.79. The molecule has 0 atom stereocenters. The van der Waals surface area contributed by atoms with Crippen LogP contribution in [0.25, 0.3) is 16.8 Å². The van der Waals surface area contributed by atoms with Crippen molar-refractivity contribution in [3.63, 3.8) is 0 Å². The van der Waals surface area contributed by atoms with Crippen LogP contribution in [0.15, 0.2) is 56.3 Å². The van der Waals surface area contributed by atoms with Crippen LogP contribution in [0.2, 0.25) is 0 Å². The Morgan fingerprint density at radius 1 is 1.27 bits per heavy atom. The maximum absolute atomic E-state index is 12.2. The highest BCUT2D eigenvalue weighted by atomic mass is 32.2. The van der Waals surface area contributed by atoms with E-state index in [1.807, 2.05) is 49.6 Å². The van der Waals surface area contributed by atoms with Crippen LogP contribution in [-0.4, -0.2) is 16.1 Å². The van der Waals surface area contributed by atoms with Crippen LogP contribution in [0.3, 0.4) is 0 Å². The van der Waals surface area contributed by atoms with Crippen molar-refractivity contribution in [1.29, 1.82) is 0 Å². The number of thioether (sulfide) groups is 1. The number of amides is 1. The SMILES string of the molecule is Cc1ccc(C)c(N=C2NC(=O)C(=Cc3csc(-c4ccco4)n3)S2)c1. The van der Waals surface area contributed by atoms with E-state index in [2.05, 4.69) is 15.3 Å². The van der Waals surface area contributed by atoms with Crippen molar-refractivity contribution >= 4 is 45.9 Å². The monoisotopic (exact) mass is 381 g/mol. The predicted molar refractivity (Wildman–Crippen MR) is 107 cm³/mol. The quantitative estimate of drug-likeness (QED) is 0.655. The molecule has 4 rings (SSSR count). The molecule has 1 fully saturated rings. The van der Waals surface area contributed by atoms with Crippen LogP contribution in [0.5, 0.6) is 0 Å². The molecule has 0 radical (unpaired) electrons. The van der Waals surface area contributed by atoms with Gasteiger partial charge in [-0.25, -0.2) is 9.98 Å². The van der Waals surface area contributed by atoms with Gasteiger partial charge in [-0.15, -0.1) is 11.3 Å². The second kappa shape index (κ2) is 6.93. The van der Waals surface area contributed by atoms with Gasteiger partial charge in [-0.1, -0.05) is 12.1 Å². The lowest BCUT2D eigenvalue weighted by Gasteiger charge is -2.02. The molecule has 1 amide bonds. The van der Waals surface area contributed by atoms with Crippen molar-refractivity contribution in [3.05, 3.63) is 63.7 Å². The molecule has 1 aliphatic heterocycles. The molecule has 1 N–H and O–H groups in total. The van der Waals surface area contributed by atoms with Gasteiger partial charge < -0.3 is 9.73 Å². The molecule has 1 aromatic carbocycles. The molecule has 2 aromatic heterocycles. The first-order chi connectivity index (χ1) is 12.6. The van der Waals surface area contributed by atoms with Crippen LogP contribution in [0, 0.1) is 13.8 Å². The molecule has 1 aliphatic rings. The van der Waals surface area contributed by atoms with Gasteiger partial charge in [-0.05, 0) is 61.0 Å². The topological polar surface area (TPSA) is 67.5 Å². The number of aromatic nitrogens is 1. The lowest BCUT2D eigenvalue weighted by molar-refractivity contribution is -0.115. The second-order valence-corrected chi connectivity index (χ2v) is 7.72. The van der Waals surface area contributed by atoms with Crippen molar-refractivity contribution in [2.45, 2.75) is 13.8 Å². The number of amidine groups is 1. The first kappa shape index (κ1) is 16.8. The van der Waals surface area contributed by atoms with Gasteiger partial charge in [0.25, 0.3) is 5.91 Å². The van der Waals surface area contributed by atoms with Gasteiger partial charge in [0.1, 0.15) is 0 Å². The number of benzene rings is 1. The van der Waals surface area contributed by atoms with E-state index in [-0.39, 0.29) is 5.91 Å². The Morgan fingerprint density at radius 2 is 2.15 bits per heavy atom. The summed E-state index contributed by atoms with van der Waals surface area (Å²) < 4.78 is 5.35. The summed E-state index contributed by atoms with van der Waals surface area (Å²) in [6.45, 7) is 4.02. The fraction of sp³-hybridized carbons (Fsp3) is 0.105. The van der Waals surface area contributed by atoms with Crippen molar-refractivity contribution in [3.8, 4) is 10.8 Å². The fourth-order valence-corrected chi connectivity index (χ4v) is 3.99. The number of nitrogens with one attached hydrogen (secondary N) is 1. The zero-order chi connectivity index (χ0) is 18.1. The van der Waals surface area contributed by atoms with Gasteiger partial charge in [0.05, 0.1) is 22.5 Å². The third-order valence-corrected chi connectivity index (χ3v) is 5.56. The van der Waals surface area contributed by atoms with Gasteiger partial charge in [-0.3, -0.25) is 4.79 Å². The number of carbonyl (C=O) groups is 1. The molecular formula is C19H15N3O2S2. The number of thiazole rings is 1. The normalized spacial score (nSPS) is 17.2. The van der Waals surface area contributed by atoms with Gasteiger partial charge in [0, 0.05) is 5.38 Å². The highest BCUT2D eigenvalue weighted by molar-refractivity contribution is 8.18. The minimum absolute atomic E-state index is 0.161. The zero-order valence-corrected chi connectivity index (χ0v) is 15.8. The molecule has 7 heteroatoms. The van der Waals surface area contributed by atoms with E-state index in [1.54, 1.807) is 12.3 Å². The molecule has 1 saturated heterocycles. The average molecular weight is 381 g/mol. The van der Waals surface area contributed by atoms with Gasteiger partial charge in [0.15, 0.2) is 15.9 Å². The summed E-state index contributed by atoms with van der Waals surface area (Å²) in [6.07, 6.45) is 3.39. The molecule has 26 heavy (non-hydrogen) atoms. The average Bonchev–Trinajstić information content (AvgIpc) is 3.33. The first-order valence-corrected chi connectivity index (χ1v) is 9.64. The third-order valence-electron chi connectivity index (χ3n) is 3.77. The second-order valence-electron chi connectivity index (χ2n) is 5.83. The Bertz CT molecular complexity index is 1030. The Hall–Kier alpha value is -2.64. The number of furan rings is 1. The van der Waals surface area contributed by atoms with Crippen molar-refractivity contribution in [1.82, 2.24) is 10.3 Å². The van der Waals surface area contributed by atoms with Gasteiger partial charge >= 0.3 is 0 Å². The molecule has 3 heterocycles. The highest BCUT2D eigenvalue weighted by Crippen LogP contribution is 2.31. The highest BCUT2D eigenvalue weighted by Gasteiger charge is 2.24. The first-order valence-electron chi connectivity index (χ1n) is 7.95. The van der Waals surface area contributed by atoms with Gasteiger partial charge in [0.2, 0.25) is 0 Å². The summed E-state index contributed by atoms with van der Waals surface area (Å²) >= 11 is 2.80. The lowest BCUT2D eigenvalue weighted by atomic mass is 10.1. The van der Waals surface area contributed by atoms with Gasteiger partial charge in [-0.2, -0.15) is 0 Å². The maximum Gasteiger partial charge on any atom is 0.264 e. The number of hydrogen-bond acceptors (Lipinski definition) is 6. The van der Waals surface area contributed by atoms with Crippen LogP contribution < -0.4 is 5.32 Å². The Labute approximate surface area is 158 Å².